The first-order chi connectivity index (χ1) is 7.90. The fraction of sp³-hybridized carbons (Fsp3) is 0.571. The summed E-state index contributed by atoms with van der Waals surface area (Å²) >= 11 is 0. The summed E-state index contributed by atoms with van der Waals surface area (Å²) in [5, 5.41) is 10.1. The summed E-state index contributed by atoms with van der Waals surface area (Å²) in [5.74, 6) is -0.126. The van der Waals surface area contributed by atoms with Crippen LogP contribution >= 0.6 is 0 Å². The lowest BCUT2D eigenvalue weighted by atomic mass is 9.89. The SMILES string of the molecule is Cc1ccc(F)c(OC2CCC(C)(C)C2O)c1. The Morgan fingerprint density at radius 3 is 2.71 bits per heavy atom. The molecule has 2 atom stereocenters. The van der Waals surface area contributed by atoms with Gasteiger partial charge in [-0.3, -0.25) is 0 Å². The van der Waals surface area contributed by atoms with Gasteiger partial charge in [-0.15, -0.1) is 0 Å². The molecule has 2 rings (SSSR count). The van der Waals surface area contributed by atoms with Gasteiger partial charge in [-0.2, -0.15) is 0 Å². The third-order valence-electron chi connectivity index (χ3n) is 3.59. The molecule has 1 aliphatic rings. The predicted molar refractivity (Wildman–Crippen MR) is 64.6 cm³/mol. The summed E-state index contributed by atoms with van der Waals surface area (Å²) in [6, 6.07) is 4.78. The quantitative estimate of drug-likeness (QED) is 0.858. The Morgan fingerprint density at radius 2 is 2.12 bits per heavy atom. The Hall–Kier alpha value is -1.09. The van der Waals surface area contributed by atoms with Crippen molar-refractivity contribution in [3.8, 4) is 5.75 Å². The minimum Gasteiger partial charge on any atom is -0.485 e. The zero-order valence-corrected chi connectivity index (χ0v) is 10.5. The Bertz CT molecular complexity index is 415. The monoisotopic (exact) mass is 238 g/mol. The van der Waals surface area contributed by atoms with Crippen LogP contribution in [0.1, 0.15) is 32.3 Å². The van der Waals surface area contributed by atoms with Gasteiger partial charge in [0.05, 0.1) is 6.10 Å². The summed E-state index contributed by atoms with van der Waals surface area (Å²) in [5.41, 5.74) is 0.804. The standard InChI is InChI=1S/C14H19FO2/c1-9-4-5-10(15)12(8-9)17-11-6-7-14(2,3)13(11)16/h4-5,8,11,13,16H,6-7H2,1-3H3. The molecule has 1 aromatic carbocycles. The maximum atomic E-state index is 13.5. The van der Waals surface area contributed by atoms with Gasteiger partial charge >= 0.3 is 0 Å². The molecule has 1 aromatic rings. The third kappa shape index (κ3) is 2.44. The topological polar surface area (TPSA) is 29.5 Å². The van der Waals surface area contributed by atoms with Crippen LogP contribution in [-0.4, -0.2) is 17.3 Å². The van der Waals surface area contributed by atoms with E-state index < -0.39 is 6.10 Å². The smallest absolute Gasteiger partial charge is 0.165 e. The van der Waals surface area contributed by atoms with Gasteiger partial charge in [0.2, 0.25) is 0 Å². The van der Waals surface area contributed by atoms with Gasteiger partial charge in [0.15, 0.2) is 11.6 Å². The maximum absolute atomic E-state index is 13.5. The first kappa shape index (κ1) is 12.4. The highest BCUT2D eigenvalue weighted by Gasteiger charge is 2.42. The number of aliphatic hydroxyl groups excluding tert-OH is 1. The number of rotatable bonds is 2. The molecule has 0 spiro atoms. The maximum Gasteiger partial charge on any atom is 0.165 e. The van der Waals surface area contributed by atoms with E-state index in [4.69, 9.17) is 4.74 Å². The van der Waals surface area contributed by atoms with Crippen LogP contribution in [0.15, 0.2) is 18.2 Å². The van der Waals surface area contributed by atoms with E-state index in [1.54, 1.807) is 12.1 Å². The molecule has 0 aliphatic heterocycles. The van der Waals surface area contributed by atoms with E-state index in [0.717, 1.165) is 18.4 Å². The highest BCUT2D eigenvalue weighted by molar-refractivity contribution is 5.29. The molecule has 1 aliphatic carbocycles. The Balaban J connectivity index is 2.14. The van der Waals surface area contributed by atoms with E-state index in [9.17, 15) is 9.50 Å². The number of halogens is 1. The zero-order chi connectivity index (χ0) is 12.6. The summed E-state index contributed by atoms with van der Waals surface area (Å²) in [4.78, 5) is 0. The lowest BCUT2D eigenvalue weighted by molar-refractivity contribution is 0.00350. The van der Waals surface area contributed by atoms with Crippen molar-refractivity contribution in [1.82, 2.24) is 0 Å². The molecule has 0 radical (unpaired) electrons. The second-order valence-corrected chi connectivity index (χ2v) is 5.56. The molecule has 0 heterocycles. The number of benzene rings is 1. The highest BCUT2D eigenvalue weighted by Crippen LogP contribution is 2.39. The second-order valence-electron chi connectivity index (χ2n) is 5.56. The Kier molecular flexibility index (Phi) is 3.13. The van der Waals surface area contributed by atoms with E-state index in [-0.39, 0.29) is 23.1 Å². The van der Waals surface area contributed by atoms with Crippen LogP contribution in [0.2, 0.25) is 0 Å². The molecule has 2 unspecified atom stereocenters. The highest BCUT2D eigenvalue weighted by atomic mass is 19.1. The number of hydrogen-bond donors (Lipinski definition) is 1. The van der Waals surface area contributed by atoms with Crippen molar-refractivity contribution in [3.05, 3.63) is 29.6 Å². The fourth-order valence-corrected chi connectivity index (χ4v) is 2.31. The summed E-state index contributed by atoms with van der Waals surface area (Å²) < 4.78 is 19.1. The van der Waals surface area contributed by atoms with Crippen molar-refractivity contribution in [2.75, 3.05) is 0 Å². The molecule has 1 fully saturated rings. The molecule has 1 saturated carbocycles. The number of ether oxygens (including phenoxy) is 1. The van der Waals surface area contributed by atoms with Crippen LogP contribution in [-0.2, 0) is 0 Å². The molecule has 17 heavy (non-hydrogen) atoms. The van der Waals surface area contributed by atoms with Gasteiger partial charge in [0, 0.05) is 0 Å². The van der Waals surface area contributed by atoms with E-state index in [2.05, 4.69) is 0 Å². The molecular formula is C14H19FO2. The molecule has 0 amide bonds. The number of hydrogen-bond acceptors (Lipinski definition) is 2. The van der Waals surface area contributed by atoms with Gasteiger partial charge < -0.3 is 9.84 Å². The van der Waals surface area contributed by atoms with Crippen LogP contribution in [0.4, 0.5) is 4.39 Å². The van der Waals surface area contributed by atoms with E-state index in [1.165, 1.54) is 6.07 Å². The Labute approximate surface area is 101 Å². The summed E-state index contributed by atoms with van der Waals surface area (Å²) in [6.07, 6.45) is 0.817. The molecule has 0 bridgehead atoms. The van der Waals surface area contributed by atoms with Crippen LogP contribution in [0.5, 0.6) is 5.75 Å². The van der Waals surface area contributed by atoms with Crippen LogP contribution in [0, 0.1) is 18.2 Å². The van der Waals surface area contributed by atoms with Crippen molar-refractivity contribution in [3.63, 3.8) is 0 Å². The average molecular weight is 238 g/mol. The largest absolute Gasteiger partial charge is 0.485 e. The summed E-state index contributed by atoms with van der Waals surface area (Å²) in [6.45, 7) is 5.91. The number of aliphatic hydroxyl groups is 1. The lowest BCUT2D eigenvalue weighted by Crippen LogP contribution is -2.34. The second kappa shape index (κ2) is 4.30. The van der Waals surface area contributed by atoms with Crippen LogP contribution < -0.4 is 4.74 Å². The van der Waals surface area contributed by atoms with Crippen molar-refractivity contribution in [2.45, 2.75) is 45.8 Å². The lowest BCUT2D eigenvalue weighted by Gasteiger charge is -2.26. The molecular weight excluding hydrogens is 219 g/mol. The van der Waals surface area contributed by atoms with Crippen molar-refractivity contribution < 1.29 is 14.2 Å². The van der Waals surface area contributed by atoms with Gasteiger partial charge in [-0.1, -0.05) is 19.9 Å². The molecule has 0 saturated heterocycles. The van der Waals surface area contributed by atoms with E-state index in [1.807, 2.05) is 20.8 Å². The average Bonchev–Trinajstić information content (AvgIpc) is 2.51. The normalized spacial score (nSPS) is 27.1. The summed E-state index contributed by atoms with van der Waals surface area (Å²) in [7, 11) is 0. The van der Waals surface area contributed by atoms with Crippen molar-refractivity contribution >= 4 is 0 Å². The molecule has 1 N–H and O–H groups in total. The minimum atomic E-state index is -0.539. The first-order valence-electron chi connectivity index (χ1n) is 6.01. The number of aryl methyl sites for hydroxylation is 1. The molecule has 3 heteroatoms. The van der Waals surface area contributed by atoms with E-state index in [0.29, 0.717) is 0 Å². The zero-order valence-electron chi connectivity index (χ0n) is 10.5. The van der Waals surface area contributed by atoms with Gasteiger partial charge in [0.1, 0.15) is 6.10 Å². The van der Waals surface area contributed by atoms with Gasteiger partial charge in [-0.25, -0.2) is 4.39 Å². The molecule has 0 aromatic heterocycles. The third-order valence-corrected chi connectivity index (χ3v) is 3.59. The van der Waals surface area contributed by atoms with Crippen LogP contribution in [0.3, 0.4) is 0 Å². The van der Waals surface area contributed by atoms with Gasteiger partial charge in [-0.05, 0) is 42.9 Å². The van der Waals surface area contributed by atoms with Crippen molar-refractivity contribution in [2.24, 2.45) is 5.41 Å². The Morgan fingerprint density at radius 1 is 1.41 bits per heavy atom. The molecule has 2 nitrogen and oxygen atoms in total. The van der Waals surface area contributed by atoms with Gasteiger partial charge in [0.25, 0.3) is 0 Å². The fourth-order valence-electron chi connectivity index (χ4n) is 2.31. The predicted octanol–water partition coefficient (Wildman–Crippen LogP) is 3.06. The first-order valence-corrected chi connectivity index (χ1v) is 6.01. The van der Waals surface area contributed by atoms with E-state index >= 15 is 0 Å². The minimum absolute atomic E-state index is 0.148. The molecule has 94 valence electrons. The van der Waals surface area contributed by atoms with Crippen molar-refractivity contribution in [1.29, 1.82) is 0 Å². The van der Waals surface area contributed by atoms with Crippen LogP contribution in [0.25, 0.3) is 0 Å².